The Labute approximate surface area is 174 Å². The molecule has 2 aliphatic rings. The highest BCUT2D eigenvalue weighted by molar-refractivity contribution is 8.00. The van der Waals surface area contributed by atoms with Crippen LogP contribution in [-0.4, -0.2) is 39.2 Å². The largest absolute Gasteiger partial charge is 0.504 e. The second-order valence-corrected chi connectivity index (χ2v) is 11.5. The summed E-state index contributed by atoms with van der Waals surface area (Å²) in [5.41, 5.74) is 1.49. The van der Waals surface area contributed by atoms with Gasteiger partial charge in [-0.15, -0.1) is 0 Å². The molecule has 1 N–H and O–H groups in total. The monoisotopic (exact) mass is 454 g/mol. The molecule has 1 aromatic heterocycles. The van der Waals surface area contributed by atoms with E-state index in [0.29, 0.717) is 24.0 Å². The van der Waals surface area contributed by atoms with E-state index in [2.05, 4.69) is 4.98 Å². The molecule has 154 valence electrons. The number of sulfonamides is 1. The van der Waals surface area contributed by atoms with Gasteiger partial charge in [0.2, 0.25) is 10.0 Å². The molecule has 4 rings (SSSR count). The third kappa shape index (κ3) is 3.41. The van der Waals surface area contributed by atoms with E-state index in [1.807, 2.05) is 0 Å². The number of aliphatic hydroxyl groups excluding tert-OH is 1. The first-order valence-electron chi connectivity index (χ1n) is 8.91. The van der Waals surface area contributed by atoms with Crippen molar-refractivity contribution in [2.45, 2.75) is 31.6 Å². The maximum atomic E-state index is 13.0. The lowest BCUT2D eigenvalue weighted by molar-refractivity contribution is 0.508. The van der Waals surface area contributed by atoms with Gasteiger partial charge < -0.3 is 5.11 Å². The van der Waals surface area contributed by atoms with E-state index in [1.54, 1.807) is 25.1 Å². The predicted octanol–water partition coefficient (Wildman–Crippen LogP) is 3.28. The van der Waals surface area contributed by atoms with Crippen LogP contribution in [0.3, 0.4) is 0 Å². The van der Waals surface area contributed by atoms with Gasteiger partial charge in [-0.3, -0.25) is 9.29 Å². The van der Waals surface area contributed by atoms with E-state index in [1.165, 1.54) is 16.6 Å². The lowest BCUT2D eigenvalue weighted by Crippen LogP contribution is -2.33. The Morgan fingerprint density at radius 3 is 2.55 bits per heavy atom. The molecule has 29 heavy (non-hydrogen) atoms. The van der Waals surface area contributed by atoms with E-state index < -0.39 is 25.6 Å². The Hall–Kier alpha value is -2.10. The Morgan fingerprint density at radius 1 is 1.24 bits per heavy atom. The highest BCUT2D eigenvalue weighted by Gasteiger charge is 2.39. The summed E-state index contributed by atoms with van der Waals surface area (Å²) in [5.74, 6) is -0.811. The molecule has 2 aromatic rings. The fraction of sp³-hybridized carbons (Fsp3) is 0.316. The lowest BCUT2D eigenvalue weighted by Gasteiger charge is -2.27. The number of pyridine rings is 1. The van der Waals surface area contributed by atoms with Crippen molar-refractivity contribution < 1.29 is 21.9 Å². The molecule has 0 amide bonds. The van der Waals surface area contributed by atoms with E-state index in [0.717, 1.165) is 6.26 Å². The predicted molar refractivity (Wildman–Crippen MR) is 113 cm³/mol. The van der Waals surface area contributed by atoms with Gasteiger partial charge in [0.1, 0.15) is 10.6 Å². The maximum Gasteiger partial charge on any atom is 0.232 e. The number of aryl methyl sites for hydroxylation is 1. The first-order chi connectivity index (χ1) is 13.5. The number of aromatic nitrogens is 1. The molecule has 1 fully saturated rings. The zero-order valence-electron chi connectivity index (χ0n) is 15.8. The molecule has 7 nitrogen and oxygen atoms in total. The Kier molecular flexibility index (Phi) is 4.67. The van der Waals surface area contributed by atoms with Gasteiger partial charge in [-0.2, -0.15) is 0 Å². The average molecular weight is 455 g/mol. The van der Waals surface area contributed by atoms with Crippen molar-refractivity contribution >= 4 is 47.8 Å². The zero-order chi connectivity index (χ0) is 21.1. The number of aliphatic hydroxyl groups is 1. The molecule has 0 saturated heterocycles. The first kappa shape index (κ1) is 20.2. The SMILES string of the molecule is Cc1ccc(C2=C(O)c3ncccc3CS2(=O)=O)c(Cl)c1N(C1CC1)S(C)(=O)=O. The quantitative estimate of drug-likeness (QED) is 0.760. The number of sulfone groups is 1. The molecule has 2 heterocycles. The standard InChI is InChI=1S/C19H19ClN2O5S2/c1-11-5-8-14(15(20)17(11)22(13-6-7-13)28(2,24)25)19-18(23)16-12(4-3-9-21-16)10-29(19,26)27/h3-5,8-9,13,23H,6-7,10H2,1-2H3. The zero-order valence-corrected chi connectivity index (χ0v) is 18.1. The molecular formula is C19H19ClN2O5S2. The van der Waals surface area contributed by atoms with E-state index >= 15 is 0 Å². The van der Waals surface area contributed by atoms with Crippen LogP contribution in [-0.2, 0) is 25.6 Å². The van der Waals surface area contributed by atoms with Gasteiger partial charge in [0.15, 0.2) is 15.6 Å². The molecule has 0 radical (unpaired) electrons. The summed E-state index contributed by atoms with van der Waals surface area (Å²) in [4.78, 5) is 3.77. The van der Waals surface area contributed by atoms with E-state index in [-0.39, 0.29) is 38.7 Å². The number of rotatable bonds is 4. The number of anilines is 1. The van der Waals surface area contributed by atoms with Crippen molar-refractivity contribution in [2.24, 2.45) is 0 Å². The van der Waals surface area contributed by atoms with E-state index in [9.17, 15) is 21.9 Å². The average Bonchev–Trinajstić information content (AvgIpc) is 3.43. The van der Waals surface area contributed by atoms with Gasteiger partial charge in [0, 0.05) is 17.8 Å². The summed E-state index contributed by atoms with van der Waals surface area (Å²) >= 11 is 6.60. The lowest BCUT2D eigenvalue weighted by atomic mass is 10.1. The minimum absolute atomic E-state index is 0.0215. The summed E-state index contributed by atoms with van der Waals surface area (Å²) in [6.45, 7) is 1.71. The van der Waals surface area contributed by atoms with E-state index in [4.69, 9.17) is 11.6 Å². The van der Waals surface area contributed by atoms with Crippen LogP contribution < -0.4 is 4.31 Å². The second-order valence-electron chi connectivity index (χ2n) is 7.33. The molecule has 0 atom stereocenters. The summed E-state index contributed by atoms with van der Waals surface area (Å²) in [7, 11) is -7.55. The number of hydrogen-bond acceptors (Lipinski definition) is 6. The topological polar surface area (TPSA) is 105 Å². The first-order valence-corrected chi connectivity index (χ1v) is 12.8. The van der Waals surface area contributed by atoms with Gasteiger partial charge in [-0.05, 0) is 37.0 Å². The Morgan fingerprint density at radius 2 is 1.93 bits per heavy atom. The third-order valence-electron chi connectivity index (χ3n) is 5.01. The van der Waals surface area contributed by atoms with Gasteiger partial charge in [0.05, 0.1) is 22.7 Å². The van der Waals surface area contributed by atoms with Crippen LogP contribution in [0.5, 0.6) is 0 Å². The van der Waals surface area contributed by atoms with Crippen LogP contribution in [0.25, 0.3) is 10.7 Å². The highest BCUT2D eigenvalue weighted by atomic mass is 35.5. The molecule has 0 bridgehead atoms. The van der Waals surface area contributed by atoms with Crippen LogP contribution in [0.4, 0.5) is 5.69 Å². The van der Waals surface area contributed by atoms with Crippen LogP contribution in [0.15, 0.2) is 30.5 Å². The molecule has 0 unspecified atom stereocenters. The van der Waals surface area contributed by atoms with Crippen LogP contribution in [0, 0.1) is 6.92 Å². The Bertz CT molecular complexity index is 1270. The van der Waals surface area contributed by atoms with Gasteiger partial charge in [-0.25, -0.2) is 16.8 Å². The molecule has 1 aliphatic heterocycles. The number of benzene rings is 1. The van der Waals surface area contributed by atoms with Crippen molar-refractivity contribution in [3.63, 3.8) is 0 Å². The second kappa shape index (κ2) is 6.72. The van der Waals surface area contributed by atoms with Gasteiger partial charge in [-0.1, -0.05) is 29.8 Å². The molecule has 10 heteroatoms. The van der Waals surface area contributed by atoms with Gasteiger partial charge in [0.25, 0.3) is 0 Å². The smallest absolute Gasteiger partial charge is 0.232 e. The summed E-state index contributed by atoms with van der Waals surface area (Å²) in [6, 6.07) is 6.09. The number of fused-ring (bicyclic) bond motifs is 1. The highest BCUT2D eigenvalue weighted by Crippen LogP contribution is 2.46. The molecule has 1 aromatic carbocycles. The maximum absolute atomic E-state index is 13.0. The van der Waals surface area contributed by atoms with Crippen molar-refractivity contribution in [3.8, 4) is 0 Å². The molecule has 1 saturated carbocycles. The summed E-state index contributed by atoms with van der Waals surface area (Å²) < 4.78 is 52.1. The normalized spacial score (nSPS) is 18.4. The number of halogens is 1. The molecule has 1 aliphatic carbocycles. The Balaban J connectivity index is 2.00. The van der Waals surface area contributed by atoms with Crippen LogP contribution in [0.2, 0.25) is 5.02 Å². The fourth-order valence-electron chi connectivity index (χ4n) is 3.63. The molecule has 0 spiro atoms. The van der Waals surface area contributed by atoms with Gasteiger partial charge >= 0.3 is 0 Å². The fourth-order valence-corrected chi connectivity index (χ4v) is 7.14. The molecular weight excluding hydrogens is 436 g/mol. The van der Waals surface area contributed by atoms with Crippen LogP contribution >= 0.6 is 11.6 Å². The minimum atomic E-state index is -3.92. The summed E-state index contributed by atoms with van der Waals surface area (Å²) in [5, 5.41) is 10.7. The van der Waals surface area contributed by atoms with Crippen molar-refractivity contribution in [2.75, 3.05) is 10.6 Å². The number of hydrogen-bond donors (Lipinski definition) is 1. The minimum Gasteiger partial charge on any atom is -0.504 e. The van der Waals surface area contributed by atoms with Crippen molar-refractivity contribution in [3.05, 3.63) is 57.9 Å². The summed E-state index contributed by atoms with van der Waals surface area (Å²) in [6.07, 6.45) is 3.97. The third-order valence-corrected chi connectivity index (χ3v) is 8.31. The van der Waals surface area contributed by atoms with Crippen molar-refractivity contribution in [1.82, 2.24) is 4.98 Å². The van der Waals surface area contributed by atoms with Crippen molar-refractivity contribution in [1.29, 1.82) is 0 Å². The number of nitrogens with zero attached hydrogens (tertiary/aromatic N) is 2. The van der Waals surface area contributed by atoms with Crippen LogP contribution in [0.1, 0.15) is 35.2 Å².